The fraction of sp³-hybridized carbons (Fsp3) is 0.250. The number of benzene rings is 1. The first kappa shape index (κ1) is 13.2. The molecule has 22 heavy (non-hydrogen) atoms. The molecule has 1 aliphatic heterocycles. The number of hydrogen-bond acceptors (Lipinski definition) is 4. The molecule has 2 N–H and O–H groups in total. The monoisotopic (exact) mass is 298 g/mol. The van der Waals surface area contributed by atoms with Gasteiger partial charge in [0.15, 0.2) is 0 Å². The third-order valence-electron chi connectivity index (χ3n) is 3.98. The Morgan fingerprint density at radius 1 is 1.23 bits per heavy atom. The number of H-pyrrole nitrogens is 1. The van der Waals surface area contributed by atoms with Crippen LogP contribution < -0.4 is 4.90 Å². The van der Waals surface area contributed by atoms with E-state index in [1.807, 2.05) is 11.0 Å². The standard InChI is InChI=1S/C16H15FN4O/c17-12-2-1-10-5-14(20-15(10)6-12)11-7-18-16(19-8-11)21-4-3-13(22)9-21/h1-2,5-8,13,20,22H,3-4,9H2/t13-/m1/s1. The van der Waals surface area contributed by atoms with Gasteiger partial charge in [0.05, 0.1) is 6.10 Å². The van der Waals surface area contributed by atoms with Crippen molar-refractivity contribution in [1.82, 2.24) is 15.0 Å². The van der Waals surface area contributed by atoms with Crippen LogP contribution in [0.4, 0.5) is 10.3 Å². The molecule has 0 bridgehead atoms. The Kier molecular flexibility index (Phi) is 3.04. The summed E-state index contributed by atoms with van der Waals surface area (Å²) in [6, 6.07) is 6.61. The molecule has 4 rings (SSSR count). The van der Waals surface area contributed by atoms with Crippen LogP contribution >= 0.6 is 0 Å². The first-order valence-electron chi connectivity index (χ1n) is 7.23. The maximum Gasteiger partial charge on any atom is 0.225 e. The molecule has 5 nitrogen and oxygen atoms in total. The molecule has 1 saturated heterocycles. The van der Waals surface area contributed by atoms with Crippen LogP contribution in [0.5, 0.6) is 0 Å². The zero-order chi connectivity index (χ0) is 15.1. The van der Waals surface area contributed by atoms with Crippen LogP contribution in [0.15, 0.2) is 36.7 Å². The highest BCUT2D eigenvalue weighted by Crippen LogP contribution is 2.25. The first-order valence-corrected chi connectivity index (χ1v) is 7.23. The molecule has 1 atom stereocenters. The molecule has 3 aromatic rings. The highest BCUT2D eigenvalue weighted by molar-refractivity contribution is 5.85. The zero-order valence-electron chi connectivity index (χ0n) is 11.8. The summed E-state index contributed by atoms with van der Waals surface area (Å²) in [6.45, 7) is 1.34. The predicted molar refractivity (Wildman–Crippen MR) is 82.1 cm³/mol. The highest BCUT2D eigenvalue weighted by Gasteiger charge is 2.22. The molecule has 3 heterocycles. The molecule has 0 unspecified atom stereocenters. The van der Waals surface area contributed by atoms with Gasteiger partial charge in [-0.2, -0.15) is 0 Å². The van der Waals surface area contributed by atoms with E-state index in [2.05, 4.69) is 15.0 Å². The summed E-state index contributed by atoms with van der Waals surface area (Å²) in [4.78, 5) is 13.9. The van der Waals surface area contributed by atoms with Gasteiger partial charge in [0.25, 0.3) is 0 Å². The Morgan fingerprint density at radius 3 is 2.77 bits per heavy atom. The maximum atomic E-state index is 13.2. The predicted octanol–water partition coefficient (Wildman–Crippen LogP) is 2.33. The molecule has 2 aromatic heterocycles. The van der Waals surface area contributed by atoms with Gasteiger partial charge in [-0.1, -0.05) is 0 Å². The molecule has 1 aliphatic rings. The van der Waals surface area contributed by atoms with E-state index in [-0.39, 0.29) is 11.9 Å². The number of nitrogens with zero attached hydrogens (tertiary/aromatic N) is 3. The van der Waals surface area contributed by atoms with Gasteiger partial charge in [0, 0.05) is 47.6 Å². The number of aliphatic hydroxyl groups is 1. The third kappa shape index (κ3) is 2.31. The fourth-order valence-corrected chi connectivity index (χ4v) is 2.80. The second-order valence-corrected chi connectivity index (χ2v) is 5.57. The average molecular weight is 298 g/mol. The Labute approximate surface area is 126 Å². The Morgan fingerprint density at radius 2 is 2.05 bits per heavy atom. The van der Waals surface area contributed by atoms with Crippen molar-refractivity contribution in [1.29, 1.82) is 0 Å². The van der Waals surface area contributed by atoms with Gasteiger partial charge >= 0.3 is 0 Å². The van der Waals surface area contributed by atoms with E-state index >= 15 is 0 Å². The van der Waals surface area contributed by atoms with E-state index in [0.29, 0.717) is 12.5 Å². The molecule has 0 spiro atoms. The third-order valence-corrected chi connectivity index (χ3v) is 3.98. The summed E-state index contributed by atoms with van der Waals surface area (Å²) in [7, 11) is 0. The molecule has 0 radical (unpaired) electrons. The maximum absolute atomic E-state index is 13.2. The molecule has 0 saturated carbocycles. The Bertz CT molecular complexity index is 815. The van der Waals surface area contributed by atoms with Crippen molar-refractivity contribution >= 4 is 16.9 Å². The van der Waals surface area contributed by atoms with Gasteiger partial charge in [-0.3, -0.25) is 0 Å². The second kappa shape index (κ2) is 5.06. The van der Waals surface area contributed by atoms with E-state index < -0.39 is 0 Å². The largest absolute Gasteiger partial charge is 0.391 e. The van der Waals surface area contributed by atoms with Gasteiger partial charge in [-0.05, 0) is 30.7 Å². The van der Waals surface area contributed by atoms with Gasteiger partial charge in [0.1, 0.15) is 5.82 Å². The summed E-state index contributed by atoms with van der Waals surface area (Å²) in [5.74, 6) is 0.363. The number of halogens is 1. The van der Waals surface area contributed by atoms with Crippen molar-refractivity contribution in [3.05, 3.63) is 42.5 Å². The van der Waals surface area contributed by atoms with E-state index in [0.717, 1.165) is 35.1 Å². The van der Waals surface area contributed by atoms with Crippen molar-refractivity contribution in [2.24, 2.45) is 0 Å². The van der Waals surface area contributed by atoms with Gasteiger partial charge in [-0.15, -0.1) is 0 Å². The van der Waals surface area contributed by atoms with E-state index in [1.54, 1.807) is 18.5 Å². The average Bonchev–Trinajstić information content (AvgIpc) is 3.13. The van der Waals surface area contributed by atoms with Crippen LogP contribution in [0.25, 0.3) is 22.2 Å². The molecule has 1 aromatic carbocycles. The van der Waals surface area contributed by atoms with Crippen molar-refractivity contribution in [2.75, 3.05) is 18.0 Å². The van der Waals surface area contributed by atoms with Crippen molar-refractivity contribution in [2.45, 2.75) is 12.5 Å². The van der Waals surface area contributed by atoms with E-state index in [9.17, 15) is 9.50 Å². The van der Waals surface area contributed by atoms with Gasteiger partial charge in [0.2, 0.25) is 5.95 Å². The minimum Gasteiger partial charge on any atom is -0.391 e. The molecular formula is C16H15FN4O. The number of rotatable bonds is 2. The Hall–Kier alpha value is -2.47. The molecule has 1 fully saturated rings. The normalized spacial score (nSPS) is 18.3. The summed E-state index contributed by atoms with van der Waals surface area (Å²) in [6.07, 6.45) is 3.94. The fourth-order valence-electron chi connectivity index (χ4n) is 2.80. The SMILES string of the molecule is O[C@@H]1CCN(c2ncc(-c3cc4ccc(F)cc4[nH]3)cn2)C1. The number of aromatic amines is 1. The molecule has 6 heteroatoms. The number of nitrogens with one attached hydrogen (secondary N) is 1. The molecule has 0 amide bonds. The number of anilines is 1. The number of β-amino-alcohol motifs (C(OH)–C–C–N with tert-alkyl or cyclic N) is 1. The van der Waals surface area contributed by atoms with Crippen LogP contribution in [0.2, 0.25) is 0 Å². The molecular weight excluding hydrogens is 283 g/mol. The smallest absolute Gasteiger partial charge is 0.225 e. The summed E-state index contributed by atoms with van der Waals surface area (Å²) in [5.41, 5.74) is 2.45. The lowest BCUT2D eigenvalue weighted by atomic mass is 10.2. The van der Waals surface area contributed by atoms with Crippen molar-refractivity contribution in [3.63, 3.8) is 0 Å². The summed E-state index contributed by atoms with van der Waals surface area (Å²) < 4.78 is 13.2. The minimum absolute atomic E-state index is 0.264. The van der Waals surface area contributed by atoms with E-state index in [4.69, 9.17) is 0 Å². The number of aliphatic hydroxyl groups excluding tert-OH is 1. The second-order valence-electron chi connectivity index (χ2n) is 5.57. The Balaban J connectivity index is 1.64. The van der Waals surface area contributed by atoms with Crippen molar-refractivity contribution < 1.29 is 9.50 Å². The summed E-state index contributed by atoms with van der Waals surface area (Å²) in [5, 5.41) is 10.5. The van der Waals surface area contributed by atoms with Crippen LogP contribution in [0.1, 0.15) is 6.42 Å². The number of hydrogen-bond donors (Lipinski definition) is 2. The van der Waals surface area contributed by atoms with Crippen LogP contribution in [-0.2, 0) is 0 Å². The quantitative estimate of drug-likeness (QED) is 0.762. The van der Waals surface area contributed by atoms with Crippen LogP contribution in [0.3, 0.4) is 0 Å². The minimum atomic E-state index is -0.299. The molecule has 0 aliphatic carbocycles. The van der Waals surface area contributed by atoms with Crippen molar-refractivity contribution in [3.8, 4) is 11.3 Å². The lowest BCUT2D eigenvalue weighted by Crippen LogP contribution is -2.23. The summed E-state index contributed by atoms with van der Waals surface area (Å²) >= 11 is 0. The highest BCUT2D eigenvalue weighted by atomic mass is 19.1. The lowest BCUT2D eigenvalue weighted by molar-refractivity contribution is 0.198. The zero-order valence-corrected chi connectivity index (χ0v) is 11.8. The number of aromatic nitrogens is 3. The van der Waals surface area contributed by atoms with Crippen LogP contribution in [0, 0.1) is 5.82 Å². The topological polar surface area (TPSA) is 65.0 Å². The van der Waals surface area contributed by atoms with Gasteiger partial charge < -0.3 is 15.0 Å². The molecule has 112 valence electrons. The van der Waals surface area contributed by atoms with Gasteiger partial charge in [-0.25, -0.2) is 14.4 Å². The number of fused-ring (bicyclic) bond motifs is 1. The lowest BCUT2D eigenvalue weighted by Gasteiger charge is -2.14. The first-order chi connectivity index (χ1) is 10.7. The van der Waals surface area contributed by atoms with E-state index in [1.165, 1.54) is 12.1 Å². The van der Waals surface area contributed by atoms with Crippen LogP contribution in [-0.4, -0.2) is 39.3 Å².